The normalized spacial score (nSPS) is 14.2. The average Bonchev–Trinajstić information content (AvgIpc) is 2.43. The molecule has 1 aromatic rings. The Balaban J connectivity index is 2.22. The van der Waals surface area contributed by atoms with Gasteiger partial charge in [-0.2, -0.15) is 0 Å². The third-order valence-electron chi connectivity index (χ3n) is 3.36. The van der Waals surface area contributed by atoms with Crippen LogP contribution in [-0.4, -0.2) is 40.0 Å². The lowest BCUT2D eigenvalue weighted by Gasteiger charge is -2.31. The minimum atomic E-state index is -1.47. The largest absolute Gasteiger partial charge is 0.475 e. The Hall–Kier alpha value is -2.37. The highest BCUT2D eigenvalue weighted by atomic mass is 16.6. The van der Waals surface area contributed by atoms with Crippen LogP contribution >= 0.6 is 0 Å². The minimum absolute atomic E-state index is 0.203. The smallest absolute Gasteiger partial charge is 0.410 e. The van der Waals surface area contributed by atoms with E-state index in [2.05, 4.69) is 0 Å². The van der Waals surface area contributed by atoms with Gasteiger partial charge in [0.15, 0.2) is 0 Å². The predicted octanol–water partition coefficient (Wildman–Crippen LogP) is 2.25. The van der Waals surface area contributed by atoms with Gasteiger partial charge in [-0.3, -0.25) is 4.79 Å². The maximum absolute atomic E-state index is 12.1. The number of amides is 1. The van der Waals surface area contributed by atoms with Crippen LogP contribution in [0.5, 0.6) is 0 Å². The van der Waals surface area contributed by atoms with Gasteiger partial charge in [0, 0.05) is 18.7 Å². The number of hydrogen-bond donors (Lipinski definition) is 1. The van der Waals surface area contributed by atoms with Crippen LogP contribution in [0.4, 0.5) is 4.79 Å². The number of benzene rings is 1. The van der Waals surface area contributed by atoms with Crippen molar-refractivity contribution in [2.24, 2.45) is 0 Å². The Labute approximate surface area is 128 Å². The van der Waals surface area contributed by atoms with E-state index in [4.69, 9.17) is 9.84 Å². The molecule has 0 unspecified atom stereocenters. The minimum Gasteiger partial charge on any atom is -0.475 e. The van der Waals surface area contributed by atoms with Crippen molar-refractivity contribution in [1.82, 2.24) is 4.90 Å². The quantitative estimate of drug-likeness (QED) is 0.669. The van der Waals surface area contributed by atoms with Crippen molar-refractivity contribution < 1.29 is 24.2 Å². The molecule has 1 N–H and O–H groups in total. The first-order valence-corrected chi connectivity index (χ1v) is 7.05. The van der Waals surface area contributed by atoms with Crippen LogP contribution in [0.15, 0.2) is 18.2 Å². The monoisotopic (exact) mass is 305 g/mol. The van der Waals surface area contributed by atoms with Crippen molar-refractivity contribution in [3.63, 3.8) is 0 Å². The number of aliphatic carboxylic acids is 1. The zero-order chi connectivity index (χ0) is 16.5. The van der Waals surface area contributed by atoms with E-state index in [0.29, 0.717) is 25.1 Å². The van der Waals surface area contributed by atoms with E-state index >= 15 is 0 Å². The first kappa shape index (κ1) is 16.0. The van der Waals surface area contributed by atoms with E-state index in [0.717, 1.165) is 5.56 Å². The fourth-order valence-electron chi connectivity index (χ4n) is 2.42. The zero-order valence-electron chi connectivity index (χ0n) is 12.9. The highest BCUT2D eigenvalue weighted by Gasteiger charge is 2.28. The second-order valence-electron chi connectivity index (χ2n) is 6.23. The van der Waals surface area contributed by atoms with Crippen LogP contribution < -0.4 is 0 Å². The summed E-state index contributed by atoms with van der Waals surface area (Å²) in [6.07, 6.45) is 0.0251. The van der Waals surface area contributed by atoms with Gasteiger partial charge in [0.2, 0.25) is 0 Å². The molecule has 0 saturated carbocycles. The number of ether oxygens (including phenoxy) is 1. The van der Waals surface area contributed by atoms with Crippen LogP contribution in [-0.2, 0) is 22.5 Å². The lowest BCUT2D eigenvalue weighted by atomic mass is 9.92. The topological polar surface area (TPSA) is 83.9 Å². The fourth-order valence-corrected chi connectivity index (χ4v) is 2.42. The second kappa shape index (κ2) is 5.79. The molecule has 0 radical (unpaired) electrons. The van der Waals surface area contributed by atoms with Gasteiger partial charge >= 0.3 is 12.1 Å². The lowest BCUT2D eigenvalue weighted by Crippen LogP contribution is -2.40. The van der Waals surface area contributed by atoms with Crippen molar-refractivity contribution in [2.75, 3.05) is 6.54 Å². The Morgan fingerprint density at radius 1 is 1.23 bits per heavy atom. The number of ketones is 1. The number of rotatable bonds is 2. The molecule has 0 aromatic heterocycles. The SMILES string of the molecule is CC(C)(C)OC(=O)N1CCc2c(cccc2C(=O)C(=O)O)C1. The van der Waals surface area contributed by atoms with E-state index in [1.54, 1.807) is 37.8 Å². The van der Waals surface area contributed by atoms with Crippen LogP contribution in [0, 0.1) is 0 Å². The third kappa shape index (κ3) is 3.44. The number of hydrogen-bond acceptors (Lipinski definition) is 4. The number of nitrogens with zero attached hydrogens (tertiary/aromatic N) is 1. The van der Waals surface area contributed by atoms with E-state index in [-0.39, 0.29) is 5.56 Å². The summed E-state index contributed by atoms with van der Waals surface area (Å²) >= 11 is 0. The Bertz CT molecular complexity index is 630. The molecule has 1 amide bonds. The summed E-state index contributed by atoms with van der Waals surface area (Å²) in [6, 6.07) is 4.94. The molecule has 6 nitrogen and oxygen atoms in total. The van der Waals surface area contributed by atoms with Gasteiger partial charge in [0.25, 0.3) is 5.78 Å². The predicted molar refractivity (Wildman–Crippen MR) is 78.8 cm³/mol. The van der Waals surface area contributed by atoms with Crippen molar-refractivity contribution in [3.05, 3.63) is 34.9 Å². The van der Waals surface area contributed by atoms with Gasteiger partial charge in [-0.25, -0.2) is 9.59 Å². The van der Waals surface area contributed by atoms with Gasteiger partial charge < -0.3 is 14.7 Å². The Morgan fingerprint density at radius 3 is 2.50 bits per heavy atom. The molecule has 6 heteroatoms. The van der Waals surface area contributed by atoms with Gasteiger partial charge in [-0.05, 0) is 38.3 Å². The number of fused-ring (bicyclic) bond motifs is 1. The molecule has 1 aliphatic heterocycles. The molecule has 22 heavy (non-hydrogen) atoms. The molecule has 1 aliphatic rings. The van der Waals surface area contributed by atoms with E-state index in [1.165, 1.54) is 6.07 Å². The molecule has 0 aliphatic carbocycles. The molecule has 0 bridgehead atoms. The number of carbonyl (C=O) groups is 3. The van der Waals surface area contributed by atoms with Gasteiger partial charge in [0.05, 0.1) is 0 Å². The summed E-state index contributed by atoms with van der Waals surface area (Å²) in [6.45, 7) is 6.10. The highest BCUT2D eigenvalue weighted by Crippen LogP contribution is 2.24. The summed E-state index contributed by atoms with van der Waals surface area (Å²) in [7, 11) is 0. The van der Waals surface area contributed by atoms with E-state index in [1.807, 2.05) is 0 Å². The van der Waals surface area contributed by atoms with Crippen molar-refractivity contribution >= 4 is 17.8 Å². The third-order valence-corrected chi connectivity index (χ3v) is 3.36. The van der Waals surface area contributed by atoms with Crippen molar-refractivity contribution in [2.45, 2.75) is 39.3 Å². The van der Waals surface area contributed by atoms with Crippen LogP contribution in [0.1, 0.15) is 42.3 Å². The molecule has 1 aromatic carbocycles. The maximum Gasteiger partial charge on any atom is 0.410 e. The second-order valence-corrected chi connectivity index (χ2v) is 6.23. The van der Waals surface area contributed by atoms with E-state index < -0.39 is 23.4 Å². The Morgan fingerprint density at radius 2 is 1.91 bits per heavy atom. The standard InChI is InChI=1S/C16H19NO5/c1-16(2,3)22-15(21)17-8-7-11-10(9-17)5-4-6-12(11)13(18)14(19)20/h4-6H,7-9H2,1-3H3,(H,19,20). The van der Waals surface area contributed by atoms with Crippen LogP contribution in [0.2, 0.25) is 0 Å². The van der Waals surface area contributed by atoms with Crippen LogP contribution in [0.3, 0.4) is 0 Å². The average molecular weight is 305 g/mol. The number of carbonyl (C=O) groups excluding carboxylic acids is 2. The number of carboxylic acids is 1. The molecule has 0 saturated heterocycles. The van der Waals surface area contributed by atoms with Crippen molar-refractivity contribution in [3.8, 4) is 0 Å². The molecule has 0 fully saturated rings. The highest BCUT2D eigenvalue weighted by molar-refractivity contribution is 6.40. The summed E-state index contributed by atoms with van der Waals surface area (Å²) in [5.74, 6) is -2.38. The molecule has 1 heterocycles. The summed E-state index contributed by atoms with van der Waals surface area (Å²) in [4.78, 5) is 36.2. The van der Waals surface area contributed by atoms with Gasteiger partial charge in [-0.15, -0.1) is 0 Å². The summed E-state index contributed by atoms with van der Waals surface area (Å²) in [5.41, 5.74) is 1.12. The number of carboxylic acid groups (broad SMARTS) is 1. The van der Waals surface area contributed by atoms with Crippen molar-refractivity contribution in [1.29, 1.82) is 0 Å². The van der Waals surface area contributed by atoms with E-state index in [9.17, 15) is 14.4 Å². The first-order valence-electron chi connectivity index (χ1n) is 7.05. The maximum atomic E-state index is 12.1. The Kier molecular flexibility index (Phi) is 4.21. The van der Waals surface area contributed by atoms with Gasteiger partial charge in [-0.1, -0.05) is 18.2 Å². The summed E-state index contributed by atoms with van der Waals surface area (Å²) in [5, 5.41) is 8.87. The first-order chi connectivity index (χ1) is 10.2. The number of Topliss-reactive ketones (excluding diaryl/α,β-unsaturated/α-hetero) is 1. The van der Waals surface area contributed by atoms with Gasteiger partial charge in [0.1, 0.15) is 5.60 Å². The lowest BCUT2D eigenvalue weighted by molar-refractivity contribution is -0.131. The summed E-state index contributed by atoms with van der Waals surface area (Å²) < 4.78 is 5.33. The molecular formula is C16H19NO5. The molecule has 0 atom stereocenters. The molecular weight excluding hydrogens is 286 g/mol. The van der Waals surface area contributed by atoms with Crippen LogP contribution in [0.25, 0.3) is 0 Å². The zero-order valence-corrected chi connectivity index (χ0v) is 12.9. The molecule has 0 spiro atoms. The molecule has 2 rings (SSSR count). The fraction of sp³-hybridized carbons (Fsp3) is 0.438. The molecule has 118 valence electrons.